The number of pyridine rings is 1. The number of sulfonamides is 1. The standard InChI is InChI=1S/C22H22ClN5O3S/c1-2-17(20-7-8-26-22(27-20)28-32(30,31)16-4-5-16)19-10-13(21(24)29)3-6-18(19)14-9-15(23)12-25-11-14/h3,6-12,16-17H,2,4-5H2,1H3,(H2,24,29)(H,26,27,28). The Hall–Kier alpha value is -3.04. The third kappa shape index (κ3) is 4.73. The summed E-state index contributed by atoms with van der Waals surface area (Å²) in [6.07, 6.45) is 6.68. The molecule has 0 spiro atoms. The second-order valence-corrected chi connectivity index (χ2v) is 10.1. The van der Waals surface area contributed by atoms with Crippen LogP contribution in [0.1, 0.15) is 53.7 Å². The van der Waals surface area contributed by atoms with Gasteiger partial charge in [-0.3, -0.25) is 14.5 Å². The molecule has 2 heterocycles. The van der Waals surface area contributed by atoms with Gasteiger partial charge in [0.25, 0.3) is 0 Å². The number of rotatable bonds is 8. The Morgan fingerprint density at radius 2 is 2.03 bits per heavy atom. The third-order valence-corrected chi connectivity index (χ3v) is 7.39. The fourth-order valence-corrected chi connectivity index (χ4v) is 5.07. The Bertz CT molecular complexity index is 1280. The Labute approximate surface area is 191 Å². The quantitative estimate of drug-likeness (QED) is 0.515. The van der Waals surface area contributed by atoms with Crippen molar-refractivity contribution in [3.8, 4) is 11.1 Å². The van der Waals surface area contributed by atoms with E-state index in [1.54, 1.807) is 36.7 Å². The molecule has 32 heavy (non-hydrogen) atoms. The SMILES string of the molecule is CCC(c1ccnc(NS(=O)(=O)C2CC2)n1)c1cc(C(N)=O)ccc1-c1cncc(Cl)c1. The van der Waals surface area contributed by atoms with Crippen molar-refractivity contribution in [1.29, 1.82) is 0 Å². The van der Waals surface area contributed by atoms with Gasteiger partial charge < -0.3 is 5.73 Å². The van der Waals surface area contributed by atoms with Crippen molar-refractivity contribution in [3.05, 3.63) is 70.8 Å². The van der Waals surface area contributed by atoms with E-state index >= 15 is 0 Å². The summed E-state index contributed by atoms with van der Waals surface area (Å²) in [6.45, 7) is 1.98. The monoisotopic (exact) mass is 471 g/mol. The number of anilines is 1. The van der Waals surface area contributed by atoms with Gasteiger partial charge in [-0.2, -0.15) is 0 Å². The van der Waals surface area contributed by atoms with E-state index in [0.717, 1.165) is 16.7 Å². The van der Waals surface area contributed by atoms with Crippen molar-refractivity contribution in [2.45, 2.75) is 37.4 Å². The number of benzene rings is 1. The summed E-state index contributed by atoms with van der Waals surface area (Å²) in [6, 6.07) is 8.73. The number of carbonyl (C=O) groups is 1. The minimum atomic E-state index is -3.49. The second-order valence-electron chi connectivity index (χ2n) is 7.67. The van der Waals surface area contributed by atoms with Crippen LogP contribution < -0.4 is 10.5 Å². The molecule has 1 aliphatic rings. The molecule has 166 valence electrons. The van der Waals surface area contributed by atoms with Crippen LogP contribution in [-0.2, 0) is 10.0 Å². The highest BCUT2D eigenvalue weighted by atomic mass is 35.5. The molecule has 0 bridgehead atoms. The van der Waals surface area contributed by atoms with E-state index in [9.17, 15) is 13.2 Å². The molecular formula is C22H22ClN5O3S. The van der Waals surface area contributed by atoms with Crippen LogP contribution in [-0.4, -0.2) is 34.5 Å². The topological polar surface area (TPSA) is 128 Å². The number of halogens is 1. The largest absolute Gasteiger partial charge is 0.366 e. The van der Waals surface area contributed by atoms with Gasteiger partial charge in [-0.05, 0) is 54.7 Å². The predicted molar refractivity (Wildman–Crippen MR) is 123 cm³/mol. The summed E-state index contributed by atoms with van der Waals surface area (Å²) in [5, 5.41) is 0.102. The van der Waals surface area contributed by atoms with E-state index in [1.807, 2.05) is 13.0 Å². The van der Waals surface area contributed by atoms with Crippen LogP contribution in [0.25, 0.3) is 11.1 Å². The van der Waals surface area contributed by atoms with Gasteiger partial charge in [0.2, 0.25) is 21.9 Å². The first-order valence-electron chi connectivity index (χ1n) is 10.2. The maximum Gasteiger partial charge on any atom is 0.248 e. The third-order valence-electron chi connectivity index (χ3n) is 5.37. The van der Waals surface area contributed by atoms with Gasteiger partial charge in [-0.15, -0.1) is 0 Å². The van der Waals surface area contributed by atoms with Crippen molar-refractivity contribution in [1.82, 2.24) is 15.0 Å². The molecule has 4 rings (SSSR count). The van der Waals surface area contributed by atoms with Gasteiger partial charge in [-0.25, -0.2) is 18.4 Å². The van der Waals surface area contributed by atoms with Crippen LogP contribution in [0.2, 0.25) is 5.02 Å². The van der Waals surface area contributed by atoms with E-state index in [4.69, 9.17) is 17.3 Å². The van der Waals surface area contributed by atoms with Gasteiger partial charge in [0.05, 0.1) is 16.0 Å². The lowest BCUT2D eigenvalue weighted by atomic mass is 9.86. The highest BCUT2D eigenvalue weighted by molar-refractivity contribution is 7.93. The van der Waals surface area contributed by atoms with Crippen LogP contribution in [0.4, 0.5) is 5.95 Å². The van der Waals surface area contributed by atoms with Crippen LogP contribution in [0.5, 0.6) is 0 Å². The number of nitrogens with one attached hydrogen (secondary N) is 1. The average Bonchev–Trinajstić information content (AvgIpc) is 3.60. The number of hydrogen-bond acceptors (Lipinski definition) is 6. The first-order valence-corrected chi connectivity index (χ1v) is 12.1. The van der Waals surface area contributed by atoms with Gasteiger partial charge in [-0.1, -0.05) is 24.6 Å². The van der Waals surface area contributed by atoms with Gasteiger partial charge in [0.15, 0.2) is 0 Å². The highest BCUT2D eigenvalue weighted by Crippen LogP contribution is 2.36. The summed E-state index contributed by atoms with van der Waals surface area (Å²) < 4.78 is 27.1. The van der Waals surface area contributed by atoms with Gasteiger partial charge >= 0.3 is 0 Å². The number of nitrogens with two attached hydrogens (primary N) is 1. The van der Waals surface area contributed by atoms with Crippen molar-refractivity contribution in [2.24, 2.45) is 5.73 Å². The van der Waals surface area contributed by atoms with Crippen LogP contribution in [0, 0.1) is 0 Å². The lowest BCUT2D eigenvalue weighted by Gasteiger charge is -2.20. The van der Waals surface area contributed by atoms with Crippen LogP contribution >= 0.6 is 11.6 Å². The number of nitrogens with zero attached hydrogens (tertiary/aromatic N) is 3. The minimum absolute atomic E-state index is 0.0323. The number of carbonyl (C=O) groups excluding carboxylic acids is 1. The Morgan fingerprint density at radius 3 is 2.69 bits per heavy atom. The first kappa shape index (κ1) is 22.2. The molecule has 1 atom stereocenters. The molecule has 0 saturated heterocycles. The van der Waals surface area contributed by atoms with E-state index in [1.165, 1.54) is 6.20 Å². The number of aromatic nitrogens is 3. The molecule has 1 fully saturated rings. The number of amides is 1. The normalized spacial score (nSPS) is 14.7. The predicted octanol–water partition coefficient (Wildman–Crippen LogP) is 3.74. The second kappa shape index (κ2) is 8.84. The smallest absolute Gasteiger partial charge is 0.248 e. The molecule has 8 nitrogen and oxygen atoms in total. The lowest BCUT2D eigenvalue weighted by Crippen LogP contribution is -2.19. The Kier molecular flexibility index (Phi) is 6.12. The van der Waals surface area contributed by atoms with Gasteiger partial charge in [0, 0.05) is 35.6 Å². The van der Waals surface area contributed by atoms with Crippen LogP contribution in [0.3, 0.4) is 0 Å². The minimum Gasteiger partial charge on any atom is -0.366 e. The molecular weight excluding hydrogens is 450 g/mol. The lowest BCUT2D eigenvalue weighted by molar-refractivity contribution is 0.1000. The van der Waals surface area contributed by atoms with Crippen molar-refractivity contribution in [3.63, 3.8) is 0 Å². The molecule has 0 radical (unpaired) electrons. The van der Waals surface area contributed by atoms with Crippen LogP contribution in [0.15, 0.2) is 48.9 Å². The zero-order valence-corrected chi connectivity index (χ0v) is 18.9. The molecule has 1 unspecified atom stereocenters. The Balaban J connectivity index is 1.79. The number of primary amides is 1. The first-order chi connectivity index (χ1) is 15.3. The maximum atomic E-state index is 12.3. The van der Waals surface area contributed by atoms with Gasteiger partial charge in [0.1, 0.15) is 0 Å². The summed E-state index contributed by atoms with van der Waals surface area (Å²) >= 11 is 6.15. The summed E-state index contributed by atoms with van der Waals surface area (Å²) in [4.78, 5) is 24.6. The molecule has 1 aliphatic carbocycles. The number of hydrogen-bond donors (Lipinski definition) is 2. The molecule has 1 saturated carbocycles. The Morgan fingerprint density at radius 1 is 1.25 bits per heavy atom. The van der Waals surface area contributed by atoms with E-state index < -0.39 is 15.9 Å². The zero-order chi connectivity index (χ0) is 22.9. The van der Waals surface area contributed by atoms with Crippen molar-refractivity contribution >= 4 is 33.5 Å². The fourth-order valence-electron chi connectivity index (χ4n) is 3.62. The van der Waals surface area contributed by atoms with Crippen molar-refractivity contribution < 1.29 is 13.2 Å². The van der Waals surface area contributed by atoms with Crippen molar-refractivity contribution in [2.75, 3.05) is 4.72 Å². The summed E-state index contributed by atoms with van der Waals surface area (Å²) in [5.41, 5.74) is 8.93. The molecule has 1 amide bonds. The molecule has 2 aromatic heterocycles. The molecule has 3 aromatic rings. The van der Waals surface area contributed by atoms with E-state index in [2.05, 4.69) is 19.7 Å². The van der Waals surface area contributed by atoms with E-state index in [-0.39, 0.29) is 17.1 Å². The van der Waals surface area contributed by atoms with E-state index in [0.29, 0.717) is 35.5 Å². The maximum absolute atomic E-state index is 12.3. The highest BCUT2D eigenvalue weighted by Gasteiger charge is 2.36. The summed E-state index contributed by atoms with van der Waals surface area (Å²) in [7, 11) is -3.49. The molecule has 0 aliphatic heterocycles. The zero-order valence-electron chi connectivity index (χ0n) is 17.3. The summed E-state index contributed by atoms with van der Waals surface area (Å²) in [5.74, 6) is -0.766. The molecule has 10 heteroatoms. The molecule has 3 N–H and O–H groups in total. The average molecular weight is 472 g/mol. The fraction of sp³-hybridized carbons (Fsp3) is 0.273. The molecule has 1 aromatic carbocycles.